The van der Waals surface area contributed by atoms with Crippen LogP contribution in [-0.2, 0) is 10.0 Å². The molecule has 2 fully saturated rings. The molecule has 138 valence electrons. The highest BCUT2D eigenvalue weighted by Crippen LogP contribution is 2.25. The summed E-state index contributed by atoms with van der Waals surface area (Å²) in [6.45, 7) is 6.86. The first kappa shape index (κ1) is 18.4. The number of amides is 1. The lowest BCUT2D eigenvalue weighted by atomic mass is 9.99. The van der Waals surface area contributed by atoms with Gasteiger partial charge in [0.15, 0.2) is 0 Å². The minimum atomic E-state index is -3.53. The van der Waals surface area contributed by atoms with E-state index in [9.17, 15) is 13.2 Å². The van der Waals surface area contributed by atoms with Crippen LogP contribution in [0.4, 0.5) is 0 Å². The first-order chi connectivity index (χ1) is 11.9. The Morgan fingerprint density at radius 1 is 1.04 bits per heavy atom. The smallest absolute Gasteiger partial charge is 0.253 e. The van der Waals surface area contributed by atoms with Gasteiger partial charge in [-0.1, -0.05) is 19.9 Å². The Kier molecular flexibility index (Phi) is 5.49. The summed E-state index contributed by atoms with van der Waals surface area (Å²) in [4.78, 5) is 14.9. The highest BCUT2D eigenvalue weighted by molar-refractivity contribution is 7.89. The summed E-state index contributed by atoms with van der Waals surface area (Å²) in [5.41, 5.74) is 0.472. The van der Waals surface area contributed by atoms with Crippen molar-refractivity contribution in [3.63, 3.8) is 0 Å². The molecule has 0 radical (unpaired) electrons. The van der Waals surface area contributed by atoms with Crippen molar-refractivity contribution in [1.29, 1.82) is 0 Å². The molecule has 2 aliphatic rings. The monoisotopic (exact) mass is 364 g/mol. The van der Waals surface area contributed by atoms with Crippen LogP contribution in [0, 0.1) is 11.8 Å². The van der Waals surface area contributed by atoms with Crippen molar-refractivity contribution in [3.8, 4) is 0 Å². The predicted octanol–water partition coefficient (Wildman–Crippen LogP) is 2.98. The fourth-order valence-electron chi connectivity index (χ4n) is 3.86. The molecule has 0 N–H and O–H groups in total. The lowest BCUT2D eigenvalue weighted by Crippen LogP contribution is -2.40. The van der Waals surface area contributed by atoms with Gasteiger partial charge in [-0.05, 0) is 55.7 Å². The molecular formula is C19H28N2O3S. The molecule has 1 amide bonds. The van der Waals surface area contributed by atoms with E-state index < -0.39 is 10.0 Å². The van der Waals surface area contributed by atoms with Crippen molar-refractivity contribution in [2.45, 2.75) is 44.4 Å². The van der Waals surface area contributed by atoms with Crippen LogP contribution in [0.15, 0.2) is 29.2 Å². The molecule has 2 saturated heterocycles. The van der Waals surface area contributed by atoms with Crippen LogP contribution >= 0.6 is 0 Å². The van der Waals surface area contributed by atoms with E-state index in [-0.39, 0.29) is 10.8 Å². The Labute approximate surface area is 151 Å². The fraction of sp³-hybridized carbons (Fsp3) is 0.632. The van der Waals surface area contributed by atoms with Crippen molar-refractivity contribution >= 4 is 15.9 Å². The average molecular weight is 365 g/mol. The number of hydrogen-bond donors (Lipinski definition) is 0. The van der Waals surface area contributed by atoms with Gasteiger partial charge in [0.05, 0.1) is 4.90 Å². The third-order valence-corrected chi connectivity index (χ3v) is 7.14. The van der Waals surface area contributed by atoms with Gasteiger partial charge in [0, 0.05) is 31.7 Å². The van der Waals surface area contributed by atoms with Gasteiger partial charge in [0.25, 0.3) is 5.91 Å². The molecule has 2 atom stereocenters. The average Bonchev–Trinajstić information content (AvgIpc) is 2.61. The lowest BCUT2D eigenvalue weighted by molar-refractivity contribution is 0.0683. The first-order valence-corrected chi connectivity index (χ1v) is 10.7. The second kappa shape index (κ2) is 7.46. The number of carbonyl (C=O) groups excluding carboxylic acids is 1. The second-order valence-corrected chi connectivity index (χ2v) is 9.57. The van der Waals surface area contributed by atoms with Gasteiger partial charge < -0.3 is 4.90 Å². The molecule has 1 aromatic rings. The topological polar surface area (TPSA) is 57.7 Å². The zero-order valence-electron chi connectivity index (χ0n) is 15.1. The molecular weight excluding hydrogens is 336 g/mol. The zero-order chi connectivity index (χ0) is 18.0. The lowest BCUT2D eigenvalue weighted by Gasteiger charge is -2.31. The normalized spacial score (nSPS) is 25.8. The van der Waals surface area contributed by atoms with Gasteiger partial charge in [-0.3, -0.25) is 4.79 Å². The second-order valence-electron chi connectivity index (χ2n) is 7.64. The number of nitrogens with zero attached hydrogens (tertiary/aromatic N) is 2. The molecule has 0 aromatic heterocycles. The molecule has 0 bridgehead atoms. The van der Waals surface area contributed by atoms with Gasteiger partial charge in [-0.2, -0.15) is 4.31 Å². The summed E-state index contributed by atoms with van der Waals surface area (Å²) >= 11 is 0. The van der Waals surface area contributed by atoms with Crippen LogP contribution < -0.4 is 0 Å². The Morgan fingerprint density at radius 2 is 1.72 bits per heavy atom. The van der Waals surface area contributed by atoms with E-state index >= 15 is 0 Å². The van der Waals surface area contributed by atoms with E-state index in [1.165, 1.54) is 0 Å². The maximum Gasteiger partial charge on any atom is 0.253 e. The van der Waals surface area contributed by atoms with Gasteiger partial charge >= 0.3 is 0 Å². The number of rotatable bonds is 3. The molecule has 0 spiro atoms. The molecule has 2 aliphatic heterocycles. The molecule has 2 heterocycles. The summed E-state index contributed by atoms with van der Waals surface area (Å²) in [6, 6.07) is 6.56. The summed E-state index contributed by atoms with van der Waals surface area (Å²) in [7, 11) is -3.53. The molecule has 1 aromatic carbocycles. The molecule has 0 saturated carbocycles. The van der Waals surface area contributed by atoms with Crippen LogP contribution in [0.5, 0.6) is 0 Å². The van der Waals surface area contributed by atoms with Crippen molar-refractivity contribution in [2.75, 3.05) is 26.2 Å². The molecule has 3 rings (SSSR count). The number of sulfonamides is 1. The minimum absolute atomic E-state index is 0.0596. The number of likely N-dealkylation sites (tertiary alicyclic amines) is 1. The van der Waals surface area contributed by atoms with Gasteiger partial charge in [-0.15, -0.1) is 0 Å². The van der Waals surface area contributed by atoms with E-state index in [1.54, 1.807) is 28.6 Å². The van der Waals surface area contributed by atoms with Crippen LogP contribution in [0.25, 0.3) is 0 Å². The SMILES string of the molecule is CC1CCCN(C(=O)c2cccc(S(=O)(=O)N3CCCC(C)C3)c2)C1. The molecule has 2 unspecified atom stereocenters. The quantitative estimate of drug-likeness (QED) is 0.828. The van der Waals surface area contributed by atoms with Crippen molar-refractivity contribution in [2.24, 2.45) is 11.8 Å². The standard InChI is InChI=1S/C19H28N2O3S/c1-15-6-4-10-20(13-15)19(22)17-8-3-9-18(12-17)25(23,24)21-11-5-7-16(2)14-21/h3,8-9,12,15-16H,4-7,10-11,13-14H2,1-2H3. The molecule has 25 heavy (non-hydrogen) atoms. The zero-order valence-corrected chi connectivity index (χ0v) is 16.0. The van der Waals surface area contributed by atoms with Crippen LogP contribution in [0.3, 0.4) is 0 Å². The summed E-state index contributed by atoms with van der Waals surface area (Å²) < 4.78 is 27.4. The van der Waals surface area contributed by atoms with Crippen LogP contribution in [-0.4, -0.2) is 49.7 Å². The summed E-state index contributed by atoms with van der Waals surface area (Å²) in [5, 5.41) is 0. The third kappa shape index (κ3) is 4.06. The van der Waals surface area contributed by atoms with Crippen molar-refractivity contribution in [3.05, 3.63) is 29.8 Å². The van der Waals surface area contributed by atoms with Crippen molar-refractivity contribution in [1.82, 2.24) is 9.21 Å². The van der Waals surface area contributed by atoms with Crippen LogP contribution in [0.2, 0.25) is 0 Å². The van der Waals surface area contributed by atoms with E-state index in [2.05, 4.69) is 13.8 Å². The third-order valence-electron chi connectivity index (χ3n) is 5.28. The van der Waals surface area contributed by atoms with Gasteiger partial charge in [-0.25, -0.2) is 8.42 Å². The Balaban J connectivity index is 1.82. The maximum atomic E-state index is 12.9. The highest BCUT2D eigenvalue weighted by atomic mass is 32.2. The highest BCUT2D eigenvalue weighted by Gasteiger charge is 2.29. The van der Waals surface area contributed by atoms with E-state index in [0.717, 1.165) is 38.8 Å². The van der Waals surface area contributed by atoms with Gasteiger partial charge in [0.2, 0.25) is 10.0 Å². The Morgan fingerprint density at radius 3 is 2.40 bits per heavy atom. The minimum Gasteiger partial charge on any atom is -0.338 e. The van der Waals surface area contributed by atoms with Crippen LogP contribution in [0.1, 0.15) is 49.9 Å². The Bertz CT molecular complexity index is 732. The molecule has 6 heteroatoms. The number of hydrogen-bond acceptors (Lipinski definition) is 3. The number of benzene rings is 1. The van der Waals surface area contributed by atoms with E-state index in [1.807, 2.05) is 4.90 Å². The maximum absolute atomic E-state index is 12.9. The fourth-order valence-corrected chi connectivity index (χ4v) is 5.50. The summed E-state index contributed by atoms with van der Waals surface area (Å²) in [6.07, 6.45) is 4.12. The molecule has 5 nitrogen and oxygen atoms in total. The number of piperidine rings is 2. The van der Waals surface area contributed by atoms with Crippen molar-refractivity contribution < 1.29 is 13.2 Å². The molecule has 0 aliphatic carbocycles. The summed E-state index contributed by atoms with van der Waals surface area (Å²) in [5.74, 6) is 0.818. The first-order valence-electron chi connectivity index (χ1n) is 9.27. The van der Waals surface area contributed by atoms with Gasteiger partial charge in [0.1, 0.15) is 0 Å². The van der Waals surface area contributed by atoms with E-state index in [4.69, 9.17) is 0 Å². The largest absolute Gasteiger partial charge is 0.338 e. The Hall–Kier alpha value is -1.40. The van der Waals surface area contributed by atoms with E-state index in [0.29, 0.717) is 30.5 Å². The predicted molar refractivity (Wildman–Crippen MR) is 97.9 cm³/mol. The number of carbonyl (C=O) groups is 1.